The van der Waals surface area contributed by atoms with Gasteiger partial charge in [0.15, 0.2) is 0 Å². The number of hydrogen-bond donors (Lipinski definition) is 0. The third-order valence-corrected chi connectivity index (χ3v) is 12.3. The van der Waals surface area contributed by atoms with E-state index < -0.39 is 0 Å². The summed E-state index contributed by atoms with van der Waals surface area (Å²) in [5.41, 5.74) is 7.35. The molecule has 56 heavy (non-hydrogen) atoms. The van der Waals surface area contributed by atoms with E-state index in [1.54, 1.807) is 0 Å². The van der Waals surface area contributed by atoms with Crippen LogP contribution in [-0.2, 0) is 21.1 Å². The molecular weight excluding hydrogens is 890 g/mol. The monoisotopic (exact) mass is 914 g/mol. The van der Waals surface area contributed by atoms with Gasteiger partial charge in [0.2, 0.25) is 0 Å². The number of ether oxygens (including phenoxy) is 1. The molecule has 6 nitrogen and oxygen atoms in total. The molecule has 0 aliphatic rings. The molecule has 0 saturated carbocycles. The standard InChI is InChI=1S/C48H25N5OS.Pt/c1-2-8-28(9-3-1)53-41-12-6-4-10-33(41)36-24-42-35(25-44(36)53)31-16-14-29(22-39(31)47-49-18-20-51(42)47)54-30-15-17-32-37-27-46-38(34-11-5-7-13-45(34)55-46)26-43(37)52-21-19-50-48(52)40(32)23-30;/h1-21,24-27H;/q-2;+2. The minimum Gasteiger partial charge on any atom is -0.497 e. The van der Waals surface area contributed by atoms with Crippen LogP contribution in [0.2, 0.25) is 0 Å². The number of hydrogen-bond acceptors (Lipinski definition) is 4. The van der Waals surface area contributed by atoms with Gasteiger partial charge in [-0.05, 0) is 59.3 Å². The number of imidazole rings is 2. The molecule has 0 spiro atoms. The molecule has 7 aromatic carbocycles. The summed E-state index contributed by atoms with van der Waals surface area (Å²) in [6.07, 6.45) is 7.78. The second-order valence-corrected chi connectivity index (χ2v) is 15.2. The Kier molecular flexibility index (Phi) is 6.66. The van der Waals surface area contributed by atoms with Crippen LogP contribution in [-0.4, -0.2) is 23.3 Å². The zero-order valence-electron chi connectivity index (χ0n) is 29.3. The van der Waals surface area contributed by atoms with Crippen molar-refractivity contribution < 1.29 is 25.8 Å². The minimum atomic E-state index is 0. The van der Waals surface area contributed by atoms with Gasteiger partial charge in [0.1, 0.15) is 0 Å². The fourth-order valence-electron chi connectivity index (χ4n) is 8.80. The Morgan fingerprint density at radius 2 is 1.04 bits per heavy atom. The molecule has 8 heteroatoms. The van der Waals surface area contributed by atoms with Crippen molar-refractivity contribution in [2.75, 3.05) is 0 Å². The fraction of sp³-hybridized carbons (Fsp3) is 0. The van der Waals surface area contributed by atoms with Crippen LogP contribution in [0.5, 0.6) is 11.5 Å². The third-order valence-electron chi connectivity index (χ3n) is 11.2. The quantitative estimate of drug-likeness (QED) is 0.131. The van der Waals surface area contributed by atoms with Crippen LogP contribution in [0.3, 0.4) is 0 Å². The van der Waals surface area contributed by atoms with E-state index in [1.165, 1.54) is 36.5 Å². The smallest absolute Gasteiger partial charge is 0.497 e. The normalized spacial score (nSPS) is 12.1. The first-order valence-corrected chi connectivity index (χ1v) is 19.0. The number of rotatable bonds is 3. The molecule has 0 amide bonds. The average molecular weight is 915 g/mol. The Hall–Kier alpha value is -6.53. The van der Waals surface area contributed by atoms with Crippen molar-refractivity contribution >= 4 is 108 Å². The van der Waals surface area contributed by atoms with Gasteiger partial charge in [0.25, 0.3) is 0 Å². The molecule has 0 N–H and O–H groups in total. The summed E-state index contributed by atoms with van der Waals surface area (Å²) in [7, 11) is 0. The van der Waals surface area contributed by atoms with Gasteiger partial charge in [-0.25, -0.2) is 0 Å². The van der Waals surface area contributed by atoms with E-state index in [2.05, 4.69) is 141 Å². The SMILES string of the molecule is [Pt+2].[c-]1c(Oc2[c-]c3c(cc2)c2cc4c(cc2n2ccnc32)c2ccccc2n4-c2ccccc2)ccc2c1c1nccn1c1cc3c(cc21)sc1ccccc13. The molecule has 6 heterocycles. The van der Waals surface area contributed by atoms with Crippen molar-refractivity contribution in [3.63, 3.8) is 0 Å². The van der Waals surface area contributed by atoms with Crippen molar-refractivity contribution in [3.05, 3.63) is 164 Å². The summed E-state index contributed by atoms with van der Waals surface area (Å²) in [6, 6.07) is 52.5. The topological polar surface area (TPSA) is 48.8 Å². The zero-order valence-corrected chi connectivity index (χ0v) is 32.4. The predicted octanol–water partition coefficient (Wildman–Crippen LogP) is 12.4. The summed E-state index contributed by atoms with van der Waals surface area (Å²) >= 11 is 1.83. The first-order valence-electron chi connectivity index (χ1n) is 18.2. The first kappa shape index (κ1) is 31.8. The summed E-state index contributed by atoms with van der Waals surface area (Å²) in [4.78, 5) is 9.62. The van der Waals surface area contributed by atoms with Crippen LogP contribution in [0.4, 0.5) is 0 Å². The van der Waals surface area contributed by atoms with E-state index in [4.69, 9.17) is 14.7 Å². The van der Waals surface area contributed by atoms with E-state index in [-0.39, 0.29) is 21.1 Å². The number of nitrogens with zero attached hydrogens (tertiary/aromatic N) is 5. The first-order chi connectivity index (χ1) is 27.2. The molecule has 0 saturated heterocycles. The number of pyridine rings is 2. The van der Waals surface area contributed by atoms with E-state index in [0.29, 0.717) is 11.5 Å². The van der Waals surface area contributed by atoms with Crippen LogP contribution in [0, 0.1) is 12.1 Å². The van der Waals surface area contributed by atoms with E-state index in [1.807, 2.05) is 48.3 Å². The van der Waals surface area contributed by atoms with Crippen LogP contribution in [0.25, 0.3) is 102 Å². The molecule has 0 fully saturated rings. The van der Waals surface area contributed by atoms with Gasteiger partial charge >= 0.3 is 21.1 Å². The minimum absolute atomic E-state index is 0. The van der Waals surface area contributed by atoms with Crippen molar-refractivity contribution in [3.8, 4) is 17.2 Å². The zero-order chi connectivity index (χ0) is 35.8. The number of para-hydroxylation sites is 2. The fourth-order valence-corrected chi connectivity index (χ4v) is 9.93. The maximum Gasteiger partial charge on any atom is 2.00 e. The summed E-state index contributed by atoms with van der Waals surface area (Å²) < 4.78 is 15.8. The molecule has 6 aromatic heterocycles. The molecule has 0 bridgehead atoms. The molecule has 0 aliphatic heterocycles. The van der Waals surface area contributed by atoms with Gasteiger partial charge in [0, 0.05) is 84.0 Å². The van der Waals surface area contributed by atoms with Gasteiger partial charge in [-0.2, -0.15) is 0 Å². The number of aromatic nitrogens is 5. The second-order valence-electron chi connectivity index (χ2n) is 14.1. The largest absolute Gasteiger partial charge is 2.00 e. The van der Waals surface area contributed by atoms with Crippen molar-refractivity contribution in [2.45, 2.75) is 0 Å². The Balaban J connectivity index is 0.00000345. The number of fused-ring (bicyclic) bond motifs is 18. The van der Waals surface area contributed by atoms with E-state index in [9.17, 15) is 0 Å². The third kappa shape index (κ3) is 4.35. The number of benzene rings is 7. The second kappa shape index (κ2) is 11.7. The Labute approximate surface area is 336 Å². The Morgan fingerprint density at radius 3 is 1.75 bits per heavy atom. The van der Waals surface area contributed by atoms with Gasteiger partial charge < -0.3 is 18.1 Å². The van der Waals surface area contributed by atoms with Gasteiger partial charge in [-0.3, -0.25) is 9.97 Å². The Bertz CT molecular complexity index is 3770. The molecule has 264 valence electrons. The van der Waals surface area contributed by atoms with Crippen molar-refractivity contribution in [2.24, 2.45) is 0 Å². The van der Waals surface area contributed by atoms with Crippen molar-refractivity contribution in [1.29, 1.82) is 0 Å². The Morgan fingerprint density at radius 1 is 0.464 bits per heavy atom. The summed E-state index contributed by atoms with van der Waals surface area (Å²) in [5, 5.41) is 11.2. The van der Waals surface area contributed by atoms with Gasteiger partial charge in [-0.1, -0.05) is 100 Å². The molecular formula is C48H25N5OPtS. The maximum atomic E-state index is 6.58. The predicted molar refractivity (Wildman–Crippen MR) is 225 cm³/mol. The van der Waals surface area contributed by atoms with Gasteiger partial charge in [0.05, 0.1) is 22.3 Å². The molecule has 0 unspecified atom stereocenters. The number of thiophene rings is 1. The molecule has 13 aromatic rings. The van der Waals surface area contributed by atoms with Crippen LogP contribution in [0.15, 0.2) is 152 Å². The van der Waals surface area contributed by atoms with Crippen LogP contribution < -0.4 is 4.74 Å². The molecule has 0 radical (unpaired) electrons. The maximum absolute atomic E-state index is 6.58. The van der Waals surface area contributed by atoms with E-state index >= 15 is 0 Å². The molecule has 0 atom stereocenters. The van der Waals surface area contributed by atoms with Crippen LogP contribution in [0.1, 0.15) is 0 Å². The van der Waals surface area contributed by atoms with Crippen LogP contribution >= 0.6 is 11.3 Å². The summed E-state index contributed by atoms with van der Waals surface area (Å²) in [6.45, 7) is 0. The van der Waals surface area contributed by atoms with E-state index in [0.717, 1.165) is 65.8 Å². The van der Waals surface area contributed by atoms with Crippen molar-refractivity contribution in [1.82, 2.24) is 23.3 Å². The molecule has 13 rings (SSSR count). The summed E-state index contributed by atoms with van der Waals surface area (Å²) in [5.74, 6) is 1.20. The van der Waals surface area contributed by atoms with Gasteiger partial charge in [-0.15, -0.1) is 23.5 Å². The molecule has 0 aliphatic carbocycles. The average Bonchev–Trinajstić information content (AvgIpc) is 4.04.